The molecule has 1 aliphatic rings. The average molecular weight is 497 g/mol. The fourth-order valence-electron chi connectivity index (χ4n) is 4.50. The van der Waals surface area contributed by atoms with Crippen molar-refractivity contribution in [3.63, 3.8) is 0 Å². The number of hydrogen-bond donors (Lipinski definition) is 3. The molecule has 1 saturated carbocycles. The zero-order valence-corrected chi connectivity index (χ0v) is 19.4. The number of fused-ring (bicyclic) bond motifs is 1. The highest BCUT2D eigenvalue weighted by molar-refractivity contribution is 5.85. The summed E-state index contributed by atoms with van der Waals surface area (Å²) in [6.45, 7) is -0.205. The molecule has 36 heavy (non-hydrogen) atoms. The third-order valence-electron chi connectivity index (χ3n) is 6.13. The van der Waals surface area contributed by atoms with Crippen LogP contribution in [-0.4, -0.2) is 30.7 Å². The van der Waals surface area contributed by atoms with E-state index >= 15 is 0 Å². The molecule has 4 aromatic rings. The SMILES string of the molecule is Nc1nccn2c(C3CCCCC3)nc(-c3cccc(OCc4c(F)cccc4F)c3)c12.O=C(O)O. The van der Waals surface area contributed by atoms with Crippen LogP contribution in [0.4, 0.5) is 19.4 Å². The molecule has 0 bridgehead atoms. The summed E-state index contributed by atoms with van der Waals surface area (Å²) in [5, 5.41) is 13.9. The van der Waals surface area contributed by atoms with Gasteiger partial charge in [0.25, 0.3) is 0 Å². The minimum atomic E-state index is -1.83. The number of ether oxygens (including phenoxy) is 1. The van der Waals surface area contributed by atoms with Gasteiger partial charge in [-0.15, -0.1) is 0 Å². The lowest BCUT2D eigenvalue weighted by molar-refractivity contribution is 0.137. The fraction of sp³-hybridized carbons (Fsp3) is 0.269. The van der Waals surface area contributed by atoms with Crippen LogP contribution in [0, 0.1) is 11.6 Å². The lowest BCUT2D eigenvalue weighted by atomic mass is 9.89. The van der Waals surface area contributed by atoms with E-state index in [1.807, 2.05) is 24.4 Å². The molecule has 2 aromatic carbocycles. The Morgan fingerprint density at radius 2 is 1.75 bits per heavy atom. The van der Waals surface area contributed by atoms with Crippen molar-refractivity contribution in [2.24, 2.45) is 0 Å². The second kappa shape index (κ2) is 11.0. The Morgan fingerprint density at radius 1 is 1.08 bits per heavy atom. The number of halogens is 2. The predicted octanol–water partition coefficient (Wildman–Crippen LogP) is 6.11. The predicted molar refractivity (Wildman–Crippen MR) is 130 cm³/mol. The molecule has 2 aromatic heterocycles. The molecule has 1 fully saturated rings. The molecule has 0 unspecified atom stereocenters. The summed E-state index contributed by atoms with van der Waals surface area (Å²) in [5.41, 5.74) is 8.48. The molecule has 0 radical (unpaired) electrons. The van der Waals surface area contributed by atoms with Crippen LogP contribution < -0.4 is 10.5 Å². The standard InChI is InChI=1S/C25H24F2N4O.CH2O3/c26-20-10-5-11-21(27)19(20)15-32-18-9-4-8-17(14-18)22-23-24(28)29-12-13-31(23)25(30-22)16-6-2-1-3-7-16;2-1(3)4/h4-5,8-14,16H,1-3,6-7,15H2,(H2,28,29);(H2,2,3,4). The number of aromatic nitrogens is 3. The molecule has 188 valence electrons. The van der Waals surface area contributed by atoms with Gasteiger partial charge in [0.15, 0.2) is 0 Å². The summed E-state index contributed by atoms with van der Waals surface area (Å²) in [7, 11) is 0. The third kappa shape index (κ3) is 5.54. The second-order valence-electron chi connectivity index (χ2n) is 8.48. The number of nitrogen functional groups attached to an aromatic ring is 1. The Kier molecular flexibility index (Phi) is 7.62. The van der Waals surface area contributed by atoms with Crippen molar-refractivity contribution in [1.82, 2.24) is 14.4 Å². The van der Waals surface area contributed by atoms with Gasteiger partial charge in [0.2, 0.25) is 0 Å². The van der Waals surface area contributed by atoms with E-state index in [1.165, 1.54) is 37.5 Å². The van der Waals surface area contributed by atoms with Crippen molar-refractivity contribution >= 4 is 17.5 Å². The lowest BCUT2D eigenvalue weighted by Crippen LogP contribution is -2.09. The van der Waals surface area contributed by atoms with E-state index < -0.39 is 17.8 Å². The highest BCUT2D eigenvalue weighted by Gasteiger charge is 2.24. The van der Waals surface area contributed by atoms with Crippen molar-refractivity contribution < 1.29 is 28.5 Å². The van der Waals surface area contributed by atoms with Crippen LogP contribution in [0.2, 0.25) is 0 Å². The van der Waals surface area contributed by atoms with Gasteiger partial charge < -0.3 is 20.7 Å². The van der Waals surface area contributed by atoms with Crippen LogP contribution >= 0.6 is 0 Å². The molecular formula is C26H26F2N4O4. The van der Waals surface area contributed by atoms with E-state index in [9.17, 15) is 8.78 Å². The Labute approximate surface area is 206 Å². The van der Waals surface area contributed by atoms with Gasteiger partial charge in [-0.25, -0.2) is 23.5 Å². The number of benzene rings is 2. The Bertz CT molecular complexity index is 1350. The van der Waals surface area contributed by atoms with Gasteiger partial charge in [-0.05, 0) is 37.1 Å². The number of nitrogens with zero attached hydrogens (tertiary/aromatic N) is 3. The van der Waals surface area contributed by atoms with E-state index in [1.54, 1.807) is 12.3 Å². The summed E-state index contributed by atoms with van der Waals surface area (Å²) in [4.78, 5) is 17.8. The molecule has 0 spiro atoms. The minimum Gasteiger partial charge on any atom is -0.489 e. The van der Waals surface area contributed by atoms with Crippen LogP contribution in [0.5, 0.6) is 5.75 Å². The fourth-order valence-corrected chi connectivity index (χ4v) is 4.50. The van der Waals surface area contributed by atoms with Gasteiger partial charge in [-0.2, -0.15) is 0 Å². The van der Waals surface area contributed by atoms with Crippen molar-refractivity contribution in [1.29, 1.82) is 0 Å². The van der Waals surface area contributed by atoms with Gasteiger partial charge >= 0.3 is 6.16 Å². The monoisotopic (exact) mass is 496 g/mol. The zero-order chi connectivity index (χ0) is 25.7. The maximum Gasteiger partial charge on any atom is 0.503 e. The van der Waals surface area contributed by atoms with E-state index in [0.29, 0.717) is 17.5 Å². The zero-order valence-electron chi connectivity index (χ0n) is 19.4. The largest absolute Gasteiger partial charge is 0.503 e. The summed E-state index contributed by atoms with van der Waals surface area (Å²) in [5.74, 6) is 1.04. The maximum absolute atomic E-state index is 13.9. The Balaban J connectivity index is 0.000000709. The third-order valence-corrected chi connectivity index (χ3v) is 6.13. The van der Waals surface area contributed by atoms with Gasteiger partial charge in [-0.3, -0.25) is 4.40 Å². The first-order chi connectivity index (χ1) is 17.3. The van der Waals surface area contributed by atoms with Gasteiger partial charge in [0.05, 0.1) is 5.56 Å². The van der Waals surface area contributed by atoms with Crippen molar-refractivity contribution in [2.75, 3.05) is 5.73 Å². The molecule has 5 rings (SSSR count). The molecule has 0 aliphatic heterocycles. The van der Waals surface area contributed by atoms with E-state index in [4.69, 9.17) is 30.5 Å². The quantitative estimate of drug-likeness (QED) is 0.305. The van der Waals surface area contributed by atoms with Crippen LogP contribution in [0.15, 0.2) is 54.9 Å². The van der Waals surface area contributed by atoms with Crippen LogP contribution in [0.3, 0.4) is 0 Å². The number of nitrogens with two attached hydrogens (primary N) is 1. The van der Waals surface area contributed by atoms with E-state index in [0.717, 1.165) is 35.4 Å². The van der Waals surface area contributed by atoms with Crippen molar-refractivity contribution in [3.8, 4) is 17.0 Å². The summed E-state index contributed by atoms with van der Waals surface area (Å²) in [6.07, 6.45) is 7.65. The Morgan fingerprint density at radius 3 is 2.44 bits per heavy atom. The van der Waals surface area contributed by atoms with Crippen molar-refractivity contribution in [2.45, 2.75) is 44.6 Å². The number of rotatable bonds is 5. The molecule has 0 saturated heterocycles. The highest BCUT2D eigenvalue weighted by Crippen LogP contribution is 2.37. The first-order valence-corrected chi connectivity index (χ1v) is 11.6. The number of anilines is 1. The summed E-state index contributed by atoms with van der Waals surface area (Å²) < 4.78 is 35.7. The Hall–Kier alpha value is -4.21. The molecule has 0 atom stereocenters. The topological polar surface area (TPSA) is 123 Å². The highest BCUT2D eigenvalue weighted by atomic mass is 19.1. The molecule has 10 heteroatoms. The number of hydrogen-bond acceptors (Lipinski definition) is 5. The number of imidazole rings is 1. The molecule has 8 nitrogen and oxygen atoms in total. The molecule has 4 N–H and O–H groups in total. The van der Waals surface area contributed by atoms with Crippen LogP contribution in [0.1, 0.15) is 49.4 Å². The van der Waals surface area contributed by atoms with E-state index in [2.05, 4.69) is 9.38 Å². The van der Waals surface area contributed by atoms with Gasteiger partial charge in [0.1, 0.15) is 46.8 Å². The van der Waals surface area contributed by atoms with Crippen LogP contribution in [0.25, 0.3) is 16.8 Å². The minimum absolute atomic E-state index is 0.0987. The molecular weight excluding hydrogens is 470 g/mol. The van der Waals surface area contributed by atoms with E-state index in [-0.39, 0.29) is 12.2 Å². The first-order valence-electron chi connectivity index (χ1n) is 11.6. The summed E-state index contributed by atoms with van der Waals surface area (Å²) >= 11 is 0. The first kappa shape index (κ1) is 24.9. The summed E-state index contributed by atoms with van der Waals surface area (Å²) in [6, 6.07) is 11.1. The average Bonchev–Trinajstić information content (AvgIpc) is 3.25. The maximum atomic E-state index is 13.9. The van der Waals surface area contributed by atoms with Crippen LogP contribution in [-0.2, 0) is 6.61 Å². The normalized spacial score (nSPS) is 13.7. The molecule has 1 aliphatic carbocycles. The smallest absolute Gasteiger partial charge is 0.489 e. The van der Waals surface area contributed by atoms with Crippen molar-refractivity contribution in [3.05, 3.63) is 77.9 Å². The van der Waals surface area contributed by atoms with Gasteiger partial charge in [-0.1, -0.05) is 37.5 Å². The lowest BCUT2D eigenvalue weighted by Gasteiger charge is -2.20. The number of carbonyl (C=O) groups is 1. The number of carboxylic acid groups (broad SMARTS) is 2. The molecule has 0 amide bonds. The second-order valence-corrected chi connectivity index (χ2v) is 8.48. The van der Waals surface area contributed by atoms with Gasteiger partial charge in [0, 0.05) is 23.9 Å². The molecule has 2 heterocycles.